The Balaban J connectivity index is 3.57. The number of nitrogens with two attached hydrogens (primary N) is 1. The lowest BCUT2D eigenvalue weighted by Gasteiger charge is -1.86. The van der Waals surface area contributed by atoms with Gasteiger partial charge in [0.1, 0.15) is 0 Å². The van der Waals surface area contributed by atoms with Crippen LogP contribution in [0.4, 0.5) is 0 Å². The molecule has 0 aliphatic heterocycles. The summed E-state index contributed by atoms with van der Waals surface area (Å²) in [6, 6.07) is 0. The van der Waals surface area contributed by atoms with Crippen molar-refractivity contribution in [2.24, 2.45) is 5.73 Å². The van der Waals surface area contributed by atoms with Gasteiger partial charge in [0.25, 0.3) is 0 Å². The van der Waals surface area contributed by atoms with Crippen molar-refractivity contribution in [2.75, 3.05) is 0 Å². The van der Waals surface area contributed by atoms with Crippen molar-refractivity contribution in [2.45, 2.75) is 20.3 Å². The molecule has 0 amide bonds. The number of hydrogen-bond acceptors (Lipinski definition) is 1. The number of allylic oxidation sites excluding steroid dienone is 3. The Labute approximate surface area is 50.9 Å². The Bertz CT molecular complexity index is 101. The molecule has 1 nitrogen and oxygen atoms in total. The Morgan fingerprint density at radius 3 is 2.62 bits per heavy atom. The van der Waals surface area contributed by atoms with Crippen molar-refractivity contribution < 1.29 is 0 Å². The monoisotopic (exact) mass is 111 g/mol. The molecule has 2 N–H and O–H groups in total. The van der Waals surface area contributed by atoms with Crippen LogP contribution in [0, 0.1) is 0 Å². The zero-order valence-electron chi connectivity index (χ0n) is 5.52. The summed E-state index contributed by atoms with van der Waals surface area (Å²) in [5.41, 5.74) is 6.46. The molecule has 0 aliphatic carbocycles. The molecular weight excluding hydrogens is 98.1 g/mol. The highest BCUT2D eigenvalue weighted by atomic mass is 14.5. The van der Waals surface area contributed by atoms with Gasteiger partial charge in [-0.05, 0) is 25.6 Å². The minimum absolute atomic E-state index is 1.10. The van der Waals surface area contributed by atoms with Crippen LogP contribution in [0.25, 0.3) is 0 Å². The first-order valence-electron chi connectivity index (χ1n) is 2.85. The first-order valence-corrected chi connectivity index (χ1v) is 2.85. The topological polar surface area (TPSA) is 26.0 Å². The molecule has 0 unspecified atom stereocenters. The second kappa shape index (κ2) is 4.44. The van der Waals surface area contributed by atoms with Crippen LogP contribution in [0.5, 0.6) is 0 Å². The molecule has 0 aromatic heterocycles. The Morgan fingerprint density at radius 2 is 2.25 bits per heavy atom. The summed E-state index contributed by atoms with van der Waals surface area (Å²) in [4.78, 5) is 0. The lowest BCUT2D eigenvalue weighted by Crippen LogP contribution is -1.74. The molecular formula is C7H13N. The van der Waals surface area contributed by atoms with E-state index in [1.165, 1.54) is 5.57 Å². The highest BCUT2D eigenvalue weighted by Gasteiger charge is 1.75. The van der Waals surface area contributed by atoms with Gasteiger partial charge in [-0.25, -0.2) is 0 Å². The van der Waals surface area contributed by atoms with E-state index in [1.54, 1.807) is 6.20 Å². The van der Waals surface area contributed by atoms with Crippen molar-refractivity contribution in [1.82, 2.24) is 0 Å². The fraction of sp³-hybridized carbons (Fsp3) is 0.429. The van der Waals surface area contributed by atoms with Crippen LogP contribution in [0.3, 0.4) is 0 Å². The third-order valence-electron chi connectivity index (χ3n) is 1.05. The second-order valence-corrected chi connectivity index (χ2v) is 1.75. The lowest BCUT2D eigenvalue weighted by molar-refractivity contribution is 1.10. The average Bonchev–Trinajstić information content (AvgIpc) is 1.83. The lowest BCUT2D eigenvalue weighted by atomic mass is 10.2. The van der Waals surface area contributed by atoms with E-state index in [1.807, 2.05) is 12.2 Å². The van der Waals surface area contributed by atoms with E-state index in [-0.39, 0.29) is 0 Å². The van der Waals surface area contributed by atoms with E-state index >= 15 is 0 Å². The maximum absolute atomic E-state index is 5.11. The van der Waals surface area contributed by atoms with E-state index in [0.717, 1.165) is 6.42 Å². The maximum atomic E-state index is 5.11. The molecule has 0 aromatic rings. The number of rotatable bonds is 2. The van der Waals surface area contributed by atoms with Gasteiger partial charge in [-0.1, -0.05) is 18.6 Å². The van der Waals surface area contributed by atoms with E-state index in [4.69, 9.17) is 5.73 Å². The van der Waals surface area contributed by atoms with Gasteiger partial charge in [0, 0.05) is 0 Å². The van der Waals surface area contributed by atoms with Crippen LogP contribution in [0.2, 0.25) is 0 Å². The number of hydrogen-bond donors (Lipinski definition) is 1. The molecule has 0 fully saturated rings. The smallest absolute Gasteiger partial charge is 0.00624 e. The Morgan fingerprint density at radius 1 is 1.62 bits per heavy atom. The fourth-order valence-corrected chi connectivity index (χ4v) is 0.338. The summed E-state index contributed by atoms with van der Waals surface area (Å²) < 4.78 is 0. The van der Waals surface area contributed by atoms with Gasteiger partial charge in [0.05, 0.1) is 0 Å². The molecule has 1 heteroatoms. The zero-order chi connectivity index (χ0) is 6.41. The van der Waals surface area contributed by atoms with Gasteiger partial charge in [-0.2, -0.15) is 0 Å². The van der Waals surface area contributed by atoms with Crippen LogP contribution in [-0.2, 0) is 0 Å². The Hall–Kier alpha value is -0.720. The standard InChI is InChI=1S/C7H13N/c1-3-7(2)5-4-6-8/h4-6H,3,8H2,1-2H3. The Kier molecular flexibility index (Phi) is 4.04. The average molecular weight is 111 g/mol. The van der Waals surface area contributed by atoms with E-state index in [0.29, 0.717) is 0 Å². The molecule has 0 radical (unpaired) electrons. The first-order chi connectivity index (χ1) is 3.81. The minimum atomic E-state index is 1.10. The SMILES string of the molecule is CCC(C)=CC=CN. The van der Waals surface area contributed by atoms with Crippen LogP contribution in [-0.4, -0.2) is 0 Å². The van der Waals surface area contributed by atoms with Gasteiger partial charge in [-0.3, -0.25) is 0 Å². The van der Waals surface area contributed by atoms with Crippen LogP contribution in [0.1, 0.15) is 20.3 Å². The second-order valence-electron chi connectivity index (χ2n) is 1.75. The molecule has 0 aromatic carbocycles. The van der Waals surface area contributed by atoms with Crippen molar-refractivity contribution in [1.29, 1.82) is 0 Å². The molecule has 0 rings (SSSR count). The molecule has 0 spiro atoms. The van der Waals surface area contributed by atoms with Gasteiger partial charge in [0.2, 0.25) is 0 Å². The summed E-state index contributed by atoms with van der Waals surface area (Å²) in [5.74, 6) is 0. The third kappa shape index (κ3) is 3.47. The predicted molar refractivity (Wildman–Crippen MR) is 37.4 cm³/mol. The highest BCUT2D eigenvalue weighted by molar-refractivity contribution is 5.08. The first kappa shape index (κ1) is 7.28. The largest absolute Gasteiger partial charge is 0.405 e. The van der Waals surface area contributed by atoms with Gasteiger partial charge in [0.15, 0.2) is 0 Å². The normalized spacial score (nSPS) is 13.0. The van der Waals surface area contributed by atoms with Crippen molar-refractivity contribution >= 4 is 0 Å². The molecule has 0 bridgehead atoms. The van der Waals surface area contributed by atoms with Crippen LogP contribution < -0.4 is 5.73 Å². The molecule has 0 atom stereocenters. The minimum Gasteiger partial charge on any atom is -0.405 e. The molecule has 0 saturated heterocycles. The van der Waals surface area contributed by atoms with Crippen molar-refractivity contribution in [3.05, 3.63) is 23.9 Å². The highest BCUT2D eigenvalue weighted by Crippen LogP contribution is 1.96. The van der Waals surface area contributed by atoms with E-state index < -0.39 is 0 Å². The quantitative estimate of drug-likeness (QED) is 0.540. The van der Waals surface area contributed by atoms with Gasteiger partial charge in [-0.15, -0.1) is 0 Å². The third-order valence-corrected chi connectivity index (χ3v) is 1.05. The summed E-state index contributed by atoms with van der Waals surface area (Å²) >= 11 is 0. The van der Waals surface area contributed by atoms with Gasteiger partial charge >= 0.3 is 0 Å². The molecule has 0 saturated carbocycles. The van der Waals surface area contributed by atoms with Crippen LogP contribution >= 0.6 is 0 Å². The maximum Gasteiger partial charge on any atom is -0.00624 e. The van der Waals surface area contributed by atoms with E-state index in [9.17, 15) is 0 Å². The molecule has 0 heterocycles. The summed E-state index contributed by atoms with van der Waals surface area (Å²) in [6.45, 7) is 4.20. The summed E-state index contributed by atoms with van der Waals surface area (Å²) in [7, 11) is 0. The molecule has 46 valence electrons. The van der Waals surface area contributed by atoms with Crippen LogP contribution in [0.15, 0.2) is 23.9 Å². The predicted octanol–water partition coefficient (Wildman–Crippen LogP) is 1.82. The van der Waals surface area contributed by atoms with Crippen molar-refractivity contribution in [3.63, 3.8) is 0 Å². The summed E-state index contributed by atoms with van der Waals surface area (Å²) in [6.07, 6.45) is 6.50. The fourth-order valence-electron chi connectivity index (χ4n) is 0.338. The molecule has 0 aliphatic rings. The van der Waals surface area contributed by atoms with E-state index in [2.05, 4.69) is 13.8 Å². The zero-order valence-corrected chi connectivity index (χ0v) is 5.52. The molecule has 8 heavy (non-hydrogen) atoms. The van der Waals surface area contributed by atoms with Gasteiger partial charge < -0.3 is 5.73 Å². The summed E-state index contributed by atoms with van der Waals surface area (Å²) in [5, 5.41) is 0. The van der Waals surface area contributed by atoms with Crippen molar-refractivity contribution in [3.8, 4) is 0 Å².